The largest absolute Gasteiger partial charge is 0.322 e. The van der Waals surface area contributed by atoms with Gasteiger partial charge in [-0.1, -0.05) is 37.0 Å². The fourth-order valence-corrected chi connectivity index (χ4v) is 1.83. The highest BCUT2D eigenvalue weighted by Crippen LogP contribution is 2.26. The molecule has 0 bridgehead atoms. The maximum atomic E-state index is 11.8. The minimum Gasteiger partial charge on any atom is -0.322 e. The van der Waals surface area contributed by atoms with Gasteiger partial charge >= 0.3 is 0 Å². The number of aryl methyl sites for hydroxylation is 1. The van der Waals surface area contributed by atoms with Crippen molar-refractivity contribution in [3.63, 3.8) is 0 Å². The molecule has 1 aromatic heterocycles. The summed E-state index contributed by atoms with van der Waals surface area (Å²) in [4.78, 5) is 15.7. The third kappa shape index (κ3) is 3.56. The first kappa shape index (κ1) is 14.2. The van der Waals surface area contributed by atoms with Crippen LogP contribution in [0.25, 0.3) is 0 Å². The maximum Gasteiger partial charge on any atom is 0.241 e. The number of aromatic nitrogens is 1. The molecule has 0 aliphatic rings. The molecule has 0 fully saturated rings. The zero-order valence-corrected chi connectivity index (χ0v) is 11.4. The van der Waals surface area contributed by atoms with E-state index in [4.69, 9.17) is 28.9 Å². The van der Waals surface area contributed by atoms with Gasteiger partial charge in [-0.3, -0.25) is 4.79 Å². The molecule has 0 aromatic carbocycles. The number of amides is 1. The van der Waals surface area contributed by atoms with Crippen molar-refractivity contribution in [2.75, 3.05) is 5.32 Å². The second-order valence-electron chi connectivity index (χ2n) is 4.19. The zero-order valence-electron chi connectivity index (χ0n) is 9.92. The van der Waals surface area contributed by atoms with Gasteiger partial charge < -0.3 is 11.1 Å². The molecule has 0 unspecified atom stereocenters. The van der Waals surface area contributed by atoms with Gasteiger partial charge in [-0.05, 0) is 24.5 Å². The second kappa shape index (κ2) is 5.67. The first-order valence-corrected chi connectivity index (χ1v) is 5.97. The Kier molecular flexibility index (Phi) is 4.74. The molecule has 17 heavy (non-hydrogen) atoms. The molecular weight excluding hydrogens is 261 g/mol. The van der Waals surface area contributed by atoms with E-state index in [0.717, 1.165) is 5.56 Å². The first-order chi connectivity index (χ1) is 7.82. The van der Waals surface area contributed by atoms with Crippen LogP contribution in [0.3, 0.4) is 0 Å². The maximum absolute atomic E-state index is 11.8. The second-order valence-corrected chi connectivity index (χ2v) is 4.93. The molecule has 94 valence electrons. The van der Waals surface area contributed by atoms with Crippen LogP contribution < -0.4 is 11.1 Å². The van der Waals surface area contributed by atoms with E-state index < -0.39 is 6.04 Å². The summed E-state index contributed by atoms with van der Waals surface area (Å²) in [6.07, 6.45) is 0. The number of nitrogens with two attached hydrogens (primary N) is 1. The third-order valence-corrected chi connectivity index (χ3v) is 2.88. The number of nitrogens with zero attached hydrogens (tertiary/aromatic N) is 1. The Balaban J connectivity index is 2.93. The molecule has 1 atom stereocenters. The van der Waals surface area contributed by atoms with Gasteiger partial charge in [0.2, 0.25) is 5.91 Å². The lowest BCUT2D eigenvalue weighted by atomic mass is 10.0. The van der Waals surface area contributed by atoms with Gasteiger partial charge in [0.15, 0.2) is 5.15 Å². The molecule has 0 aliphatic carbocycles. The summed E-state index contributed by atoms with van der Waals surface area (Å²) in [5, 5.41) is 3.13. The number of pyridine rings is 1. The number of anilines is 1. The lowest BCUT2D eigenvalue weighted by molar-refractivity contribution is -0.118. The van der Waals surface area contributed by atoms with Gasteiger partial charge in [-0.15, -0.1) is 0 Å². The zero-order chi connectivity index (χ0) is 13.2. The van der Waals surface area contributed by atoms with Crippen LogP contribution in [0, 0.1) is 12.8 Å². The summed E-state index contributed by atoms with van der Waals surface area (Å²) in [5.41, 5.74) is 6.94. The molecule has 0 spiro atoms. The molecule has 1 amide bonds. The minimum atomic E-state index is -0.582. The van der Waals surface area contributed by atoms with Crippen molar-refractivity contribution in [1.29, 1.82) is 0 Å². The van der Waals surface area contributed by atoms with Crippen molar-refractivity contribution in [2.24, 2.45) is 11.7 Å². The summed E-state index contributed by atoms with van der Waals surface area (Å²) in [6.45, 7) is 5.54. The van der Waals surface area contributed by atoms with E-state index in [-0.39, 0.29) is 17.0 Å². The predicted molar refractivity (Wildman–Crippen MR) is 70.4 cm³/mol. The molecular formula is C11H15Cl2N3O. The van der Waals surface area contributed by atoms with Crippen molar-refractivity contribution < 1.29 is 4.79 Å². The summed E-state index contributed by atoms with van der Waals surface area (Å²) in [7, 11) is 0. The van der Waals surface area contributed by atoms with Crippen LogP contribution in [0.2, 0.25) is 10.3 Å². The average Bonchev–Trinajstić information content (AvgIpc) is 2.21. The Hall–Kier alpha value is -0.840. The smallest absolute Gasteiger partial charge is 0.241 e. The molecule has 0 aliphatic heterocycles. The molecule has 0 radical (unpaired) electrons. The van der Waals surface area contributed by atoms with Gasteiger partial charge in [-0.25, -0.2) is 4.98 Å². The SMILES string of the molecule is Cc1cc(Cl)nc(Cl)c1NC(=O)[C@@H](N)C(C)C. The van der Waals surface area contributed by atoms with E-state index in [9.17, 15) is 4.79 Å². The molecule has 1 heterocycles. The third-order valence-electron chi connectivity index (χ3n) is 2.41. The molecule has 4 nitrogen and oxygen atoms in total. The van der Waals surface area contributed by atoms with Crippen LogP contribution in [-0.4, -0.2) is 16.9 Å². The summed E-state index contributed by atoms with van der Waals surface area (Å²) < 4.78 is 0. The van der Waals surface area contributed by atoms with Crippen LogP contribution in [0.1, 0.15) is 19.4 Å². The lowest BCUT2D eigenvalue weighted by Gasteiger charge is -2.17. The first-order valence-electron chi connectivity index (χ1n) is 5.22. The number of carbonyl (C=O) groups excluding carboxylic acids is 1. The molecule has 0 saturated heterocycles. The number of rotatable bonds is 3. The van der Waals surface area contributed by atoms with Crippen molar-refractivity contribution >= 4 is 34.8 Å². The van der Waals surface area contributed by atoms with Gasteiger partial charge in [0.05, 0.1) is 11.7 Å². The van der Waals surface area contributed by atoms with Crippen LogP contribution in [0.5, 0.6) is 0 Å². The highest BCUT2D eigenvalue weighted by molar-refractivity contribution is 6.34. The number of carbonyl (C=O) groups is 1. The van der Waals surface area contributed by atoms with Crippen LogP contribution in [0.4, 0.5) is 5.69 Å². The van der Waals surface area contributed by atoms with E-state index in [1.807, 2.05) is 13.8 Å². The standard InChI is InChI=1S/C11H15Cl2N3O/c1-5(2)8(14)11(17)16-9-6(3)4-7(12)15-10(9)13/h4-5,8H,14H2,1-3H3,(H,16,17)/t8-/m0/s1. The molecule has 1 aromatic rings. The summed E-state index contributed by atoms with van der Waals surface area (Å²) >= 11 is 11.7. The fourth-order valence-electron chi connectivity index (χ4n) is 1.25. The molecule has 0 saturated carbocycles. The van der Waals surface area contributed by atoms with Crippen molar-refractivity contribution in [3.05, 3.63) is 21.9 Å². The van der Waals surface area contributed by atoms with Crippen molar-refractivity contribution in [2.45, 2.75) is 26.8 Å². The van der Waals surface area contributed by atoms with Gasteiger partial charge in [-0.2, -0.15) is 0 Å². The topological polar surface area (TPSA) is 68.0 Å². The minimum absolute atomic E-state index is 0.0503. The Bertz CT molecular complexity index is 412. The monoisotopic (exact) mass is 275 g/mol. The number of hydrogen-bond acceptors (Lipinski definition) is 3. The fraction of sp³-hybridized carbons (Fsp3) is 0.455. The quantitative estimate of drug-likeness (QED) is 0.834. The molecule has 6 heteroatoms. The highest BCUT2D eigenvalue weighted by atomic mass is 35.5. The van der Waals surface area contributed by atoms with Crippen LogP contribution >= 0.6 is 23.2 Å². The predicted octanol–water partition coefficient (Wildman–Crippen LogP) is 2.62. The van der Waals surface area contributed by atoms with E-state index >= 15 is 0 Å². The van der Waals surface area contributed by atoms with Crippen LogP contribution in [0.15, 0.2) is 6.07 Å². The van der Waals surface area contributed by atoms with Gasteiger partial charge in [0.1, 0.15) is 5.15 Å². The van der Waals surface area contributed by atoms with Gasteiger partial charge in [0, 0.05) is 0 Å². The Morgan fingerprint density at radius 1 is 1.47 bits per heavy atom. The number of hydrogen-bond donors (Lipinski definition) is 2. The van der Waals surface area contributed by atoms with E-state index in [2.05, 4.69) is 10.3 Å². The van der Waals surface area contributed by atoms with Crippen LogP contribution in [-0.2, 0) is 4.79 Å². The van der Waals surface area contributed by atoms with Crippen molar-refractivity contribution in [3.8, 4) is 0 Å². The molecule has 3 N–H and O–H groups in total. The lowest BCUT2D eigenvalue weighted by Crippen LogP contribution is -2.40. The average molecular weight is 276 g/mol. The Morgan fingerprint density at radius 3 is 2.53 bits per heavy atom. The van der Waals surface area contributed by atoms with E-state index in [0.29, 0.717) is 10.8 Å². The summed E-state index contributed by atoms with van der Waals surface area (Å²) in [5.74, 6) is -0.233. The number of halogens is 2. The van der Waals surface area contributed by atoms with Crippen molar-refractivity contribution in [1.82, 2.24) is 4.98 Å². The highest BCUT2D eigenvalue weighted by Gasteiger charge is 2.19. The van der Waals surface area contributed by atoms with E-state index in [1.54, 1.807) is 13.0 Å². The normalized spacial score (nSPS) is 12.6. The van der Waals surface area contributed by atoms with E-state index in [1.165, 1.54) is 0 Å². The summed E-state index contributed by atoms with van der Waals surface area (Å²) in [6, 6.07) is 1.05. The number of nitrogens with one attached hydrogen (secondary N) is 1. The van der Waals surface area contributed by atoms with Gasteiger partial charge in [0.25, 0.3) is 0 Å². The Morgan fingerprint density at radius 2 is 2.06 bits per heavy atom. The Labute approximate surface area is 110 Å². The molecule has 1 rings (SSSR count).